The minimum Gasteiger partial charge on any atom is -0.506 e. The maximum Gasteiger partial charge on any atom is 0.229 e. The summed E-state index contributed by atoms with van der Waals surface area (Å²) >= 11 is 3.16. The number of hydrogen-bond acceptors (Lipinski definition) is 3. The summed E-state index contributed by atoms with van der Waals surface area (Å²) in [5.41, 5.74) is 0.164. The average molecular weight is 266 g/mol. The Bertz CT molecular complexity index is 416. The van der Waals surface area contributed by atoms with Crippen molar-refractivity contribution in [3.05, 3.63) is 22.7 Å². The van der Waals surface area contributed by atoms with Crippen LogP contribution in [0.5, 0.6) is 5.75 Å². The van der Waals surface area contributed by atoms with Crippen LogP contribution in [-0.4, -0.2) is 19.8 Å². The number of aromatic hydroxyl groups is 1. The first-order valence-corrected chi connectivity index (χ1v) is 6.03. The van der Waals surface area contributed by atoms with Crippen LogP contribution in [0.15, 0.2) is 22.7 Å². The van der Waals surface area contributed by atoms with E-state index >= 15 is 0 Å². The van der Waals surface area contributed by atoms with E-state index in [-0.39, 0.29) is 11.4 Å². The zero-order valence-corrected chi connectivity index (χ0v) is 9.18. The molecule has 72 valence electrons. The standard InChI is InChI=1S/C7H8BrNO3S/c1-13(11,12)9-6-4-5(8)2-3-7(6)10/h2-4,9-10H,1H3. The molecule has 1 aromatic carbocycles. The van der Waals surface area contributed by atoms with Gasteiger partial charge in [-0.05, 0) is 18.2 Å². The molecule has 0 aliphatic carbocycles. The van der Waals surface area contributed by atoms with E-state index in [2.05, 4.69) is 20.7 Å². The first kappa shape index (κ1) is 10.3. The van der Waals surface area contributed by atoms with Crippen LogP contribution in [0, 0.1) is 0 Å². The molecule has 0 aliphatic heterocycles. The monoisotopic (exact) mass is 265 g/mol. The Labute approximate surface area is 84.8 Å². The predicted molar refractivity (Wildman–Crippen MR) is 54.3 cm³/mol. The van der Waals surface area contributed by atoms with Crippen molar-refractivity contribution < 1.29 is 13.5 Å². The third-order valence-electron chi connectivity index (χ3n) is 1.25. The molecule has 4 nitrogen and oxygen atoms in total. The quantitative estimate of drug-likeness (QED) is 0.798. The molecule has 0 unspecified atom stereocenters. The van der Waals surface area contributed by atoms with E-state index in [9.17, 15) is 13.5 Å². The maximum absolute atomic E-state index is 10.8. The smallest absolute Gasteiger partial charge is 0.229 e. The van der Waals surface area contributed by atoms with Crippen LogP contribution in [0.1, 0.15) is 0 Å². The molecule has 0 spiro atoms. The third-order valence-corrected chi connectivity index (χ3v) is 2.34. The molecule has 0 atom stereocenters. The maximum atomic E-state index is 10.8. The lowest BCUT2D eigenvalue weighted by Crippen LogP contribution is -2.09. The van der Waals surface area contributed by atoms with Crippen LogP contribution in [0.2, 0.25) is 0 Å². The Kier molecular flexibility index (Phi) is 2.82. The van der Waals surface area contributed by atoms with Gasteiger partial charge in [0.1, 0.15) is 5.75 Å². The molecule has 0 amide bonds. The zero-order chi connectivity index (χ0) is 10.1. The van der Waals surface area contributed by atoms with E-state index in [0.29, 0.717) is 4.47 Å². The number of anilines is 1. The Morgan fingerprint density at radius 1 is 1.46 bits per heavy atom. The highest BCUT2D eigenvalue weighted by Gasteiger charge is 2.06. The summed E-state index contributed by atoms with van der Waals surface area (Å²) in [6, 6.07) is 4.50. The molecule has 0 aliphatic rings. The van der Waals surface area contributed by atoms with Gasteiger partial charge in [-0.2, -0.15) is 0 Å². The lowest BCUT2D eigenvalue weighted by atomic mass is 10.3. The summed E-state index contributed by atoms with van der Waals surface area (Å²) in [7, 11) is -3.35. The van der Waals surface area contributed by atoms with Crippen molar-refractivity contribution in [2.24, 2.45) is 0 Å². The number of halogens is 1. The van der Waals surface area contributed by atoms with Crippen molar-refractivity contribution in [2.45, 2.75) is 0 Å². The minimum atomic E-state index is -3.35. The fraction of sp³-hybridized carbons (Fsp3) is 0.143. The second-order valence-corrected chi connectivity index (χ2v) is 5.20. The molecule has 6 heteroatoms. The van der Waals surface area contributed by atoms with Gasteiger partial charge >= 0.3 is 0 Å². The summed E-state index contributed by atoms with van der Waals surface area (Å²) in [6.45, 7) is 0. The molecule has 0 radical (unpaired) electrons. The molecule has 1 aromatic rings. The van der Waals surface area contributed by atoms with Crippen molar-refractivity contribution in [1.82, 2.24) is 0 Å². The number of phenols is 1. The minimum absolute atomic E-state index is 0.103. The molecule has 0 bridgehead atoms. The highest BCUT2D eigenvalue weighted by Crippen LogP contribution is 2.27. The molecular formula is C7H8BrNO3S. The summed E-state index contributed by atoms with van der Waals surface area (Å²) < 4.78 is 24.5. The van der Waals surface area contributed by atoms with Crippen molar-refractivity contribution in [2.75, 3.05) is 11.0 Å². The molecule has 13 heavy (non-hydrogen) atoms. The zero-order valence-electron chi connectivity index (χ0n) is 6.78. The normalized spacial score (nSPS) is 11.2. The second-order valence-electron chi connectivity index (χ2n) is 2.54. The molecule has 0 saturated carbocycles. The number of hydrogen-bond donors (Lipinski definition) is 2. The van der Waals surface area contributed by atoms with Gasteiger partial charge in [0.2, 0.25) is 10.0 Å². The van der Waals surface area contributed by atoms with E-state index < -0.39 is 10.0 Å². The summed E-state index contributed by atoms with van der Waals surface area (Å²) in [5, 5.41) is 9.25. The fourth-order valence-electron chi connectivity index (χ4n) is 0.790. The van der Waals surface area contributed by atoms with Gasteiger partial charge in [-0.1, -0.05) is 15.9 Å². The largest absolute Gasteiger partial charge is 0.506 e. The van der Waals surface area contributed by atoms with Gasteiger partial charge in [-0.3, -0.25) is 4.72 Å². The van der Waals surface area contributed by atoms with Crippen molar-refractivity contribution in [3.8, 4) is 5.75 Å². The number of nitrogens with one attached hydrogen (secondary N) is 1. The van der Waals surface area contributed by atoms with Gasteiger partial charge < -0.3 is 5.11 Å². The van der Waals surface area contributed by atoms with Gasteiger partial charge in [-0.15, -0.1) is 0 Å². The molecule has 0 fully saturated rings. The predicted octanol–water partition coefficient (Wildman–Crippen LogP) is 1.53. The number of benzene rings is 1. The van der Waals surface area contributed by atoms with Crippen LogP contribution in [0.25, 0.3) is 0 Å². The van der Waals surface area contributed by atoms with Gasteiger partial charge in [0, 0.05) is 4.47 Å². The first-order valence-electron chi connectivity index (χ1n) is 3.35. The molecule has 0 heterocycles. The molecule has 0 aromatic heterocycles. The highest BCUT2D eigenvalue weighted by atomic mass is 79.9. The van der Waals surface area contributed by atoms with Crippen molar-refractivity contribution in [1.29, 1.82) is 0 Å². The third kappa shape index (κ3) is 3.23. The van der Waals surface area contributed by atoms with Crippen LogP contribution in [0.3, 0.4) is 0 Å². The lowest BCUT2D eigenvalue weighted by Gasteiger charge is -2.05. The average Bonchev–Trinajstić information content (AvgIpc) is 1.94. The number of rotatable bonds is 2. The van der Waals surface area contributed by atoms with E-state index in [0.717, 1.165) is 6.26 Å². The summed E-state index contributed by atoms with van der Waals surface area (Å²) in [6.07, 6.45) is 1.02. The topological polar surface area (TPSA) is 66.4 Å². The van der Waals surface area contributed by atoms with Crippen LogP contribution in [-0.2, 0) is 10.0 Å². The Hall–Kier alpha value is -0.750. The van der Waals surface area contributed by atoms with Gasteiger partial charge in [0.05, 0.1) is 11.9 Å². The molecule has 2 N–H and O–H groups in total. The Morgan fingerprint density at radius 3 is 2.62 bits per heavy atom. The van der Waals surface area contributed by atoms with Gasteiger partial charge in [0.25, 0.3) is 0 Å². The van der Waals surface area contributed by atoms with Gasteiger partial charge in [-0.25, -0.2) is 8.42 Å². The fourth-order valence-corrected chi connectivity index (χ4v) is 1.71. The Balaban J connectivity index is 3.08. The molecule has 1 rings (SSSR count). The van der Waals surface area contributed by atoms with E-state index in [4.69, 9.17) is 0 Å². The second kappa shape index (κ2) is 3.55. The highest BCUT2D eigenvalue weighted by molar-refractivity contribution is 9.10. The van der Waals surface area contributed by atoms with E-state index in [1.807, 2.05) is 0 Å². The summed E-state index contributed by atoms with van der Waals surface area (Å²) in [5.74, 6) is -0.103. The van der Waals surface area contributed by atoms with Crippen molar-refractivity contribution >= 4 is 31.6 Å². The van der Waals surface area contributed by atoms with Crippen molar-refractivity contribution in [3.63, 3.8) is 0 Å². The van der Waals surface area contributed by atoms with E-state index in [1.165, 1.54) is 12.1 Å². The summed E-state index contributed by atoms with van der Waals surface area (Å²) in [4.78, 5) is 0. The first-order chi connectivity index (χ1) is 5.88. The number of phenolic OH excluding ortho intramolecular Hbond substituents is 1. The lowest BCUT2D eigenvalue weighted by molar-refractivity contribution is 0.477. The molecule has 0 saturated heterocycles. The van der Waals surface area contributed by atoms with Gasteiger partial charge in [0.15, 0.2) is 0 Å². The van der Waals surface area contributed by atoms with Crippen LogP contribution < -0.4 is 4.72 Å². The van der Waals surface area contributed by atoms with Crippen LogP contribution in [0.4, 0.5) is 5.69 Å². The SMILES string of the molecule is CS(=O)(=O)Nc1cc(Br)ccc1O. The molecular weight excluding hydrogens is 258 g/mol. The van der Waals surface area contributed by atoms with Crippen LogP contribution >= 0.6 is 15.9 Å². The van der Waals surface area contributed by atoms with E-state index in [1.54, 1.807) is 6.07 Å². The Morgan fingerprint density at radius 2 is 2.08 bits per heavy atom. The number of sulfonamides is 1.